The van der Waals surface area contributed by atoms with E-state index in [1.165, 1.54) is 5.56 Å². The predicted octanol–water partition coefficient (Wildman–Crippen LogP) is 3.29. The summed E-state index contributed by atoms with van der Waals surface area (Å²) >= 11 is 7.02. The summed E-state index contributed by atoms with van der Waals surface area (Å²) in [4.78, 5) is 0. The molecule has 0 unspecified atom stereocenters. The van der Waals surface area contributed by atoms with Crippen molar-refractivity contribution < 1.29 is 4.74 Å². The monoisotopic (exact) mass is 355 g/mol. The molecular weight excluding hydrogens is 345 g/mol. The molecule has 1 aliphatic rings. The Labute approximate surface area is 112 Å². The third-order valence-electron chi connectivity index (χ3n) is 2.26. The lowest BCUT2D eigenvalue weighted by Crippen LogP contribution is -2.34. The van der Waals surface area contributed by atoms with E-state index in [4.69, 9.17) is 4.74 Å². The Morgan fingerprint density at radius 3 is 2.80 bits per heavy atom. The molecule has 15 heavy (non-hydrogen) atoms. The SMILES string of the molecule is Brc1ccc(Br)c([C@@H]2COCCN2)c1.Cl. The number of hydrogen-bond donors (Lipinski definition) is 1. The Morgan fingerprint density at radius 2 is 2.13 bits per heavy atom. The van der Waals surface area contributed by atoms with Gasteiger partial charge in [-0.25, -0.2) is 0 Å². The van der Waals surface area contributed by atoms with Gasteiger partial charge in [0.1, 0.15) is 0 Å². The van der Waals surface area contributed by atoms with Crippen molar-refractivity contribution in [2.24, 2.45) is 0 Å². The molecule has 84 valence electrons. The summed E-state index contributed by atoms with van der Waals surface area (Å²) < 4.78 is 7.66. The fourth-order valence-electron chi connectivity index (χ4n) is 1.55. The summed E-state index contributed by atoms with van der Waals surface area (Å²) in [5, 5.41) is 3.43. The molecule has 5 heteroatoms. The molecule has 1 fully saturated rings. The Hall–Kier alpha value is 0.390. The lowest BCUT2D eigenvalue weighted by Gasteiger charge is -2.25. The molecule has 0 aliphatic carbocycles. The first-order valence-corrected chi connectivity index (χ1v) is 6.12. The molecule has 1 aromatic carbocycles. The van der Waals surface area contributed by atoms with Crippen LogP contribution in [0.1, 0.15) is 11.6 Å². The lowest BCUT2D eigenvalue weighted by molar-refractivity contribution is 0.0766. The van der Waals surface area contributed by atoms with Gasteiger partial charge in [0, 0.05) is 15.5 Å². The van der Waals surface area contributed by atoms with Crippen LogP contribution in [-0.2, 0) is 4.74 Å². The molecule has 1 atom stereocenters. The third-order valence-corrected chi connectivity index (χ3v) is 3.47. The normalized spacial score (nSPS) is 20.8. The van der Waals surface area contributed by atoms with E-state index >= 15 is 0 Å². The van der Waals surface area contributed by atoms with Crippen LogP contribution in [0.15, 0.2) is 27.1 Å². The minimum absolute atomic E-state index is 0. The van der Waals surface area contributed by atoms with Crippen molar-refractivity contribution in [1.29, 1.82) is 0 Å². The largest absolute Gasteiger partial charge is 0.378 e. The van der Waals surface area contributed by atoms with Crippen LogP contribution in [0.4, 0.5) is 0 Å². The number of rotatable bonds is 1. The summed E-state index contributed by atoms with van der Waals surface area (Å²) in [6, 6.07) is 6.50. The van der Waals surface area contributed by atoms with Gasteiger partial charge in [-0.3, -0.25) is 0 Å². The standard InChI is InChI=1S/C10H11Br2NO.ClH/c11-7-1-2-9(12)8(5-7)10-6-14-4-3-13-10;/h1-2,5,10,13H,3-4,6H2;1H/t10-;/m0./s1. The van der Waals surface area contributed by atoms with Crippen LogP contribution < -0.4 is 5.32 Å². The average Bonchev–Trinajstić information content (AvgIpc) is 2.23. The van der Waals surface area contributed by atoms with E-state index in [0.717, 1.165) is 28.7 Å². The highest BCUT2D eigenvalue weighted by atomic mass is 79.9. The molecule has 1 saturated heterocycles. The maximum Gasteiger partial charge on any atom is 0.0662 e. The lowest BCUT2D eigenvalue weighted by atomic mass is 10.1. The molecule has 0 amide bonds. The maximum atomic E-state index is 5.43. The average molecular weight is 357 g/mol. The number of benzene rings is 1. The number of hydrogen-bond acceptors (Lipinski definition) is 2. The number of halogens is 3. The summed E-state index contributed by atoms with van der Waals surface area (Å²) in [5.41, 5.74) is 1.25. The van der Waals surface area contributed by atoms with Gasteiger partial charge in [0.2, 0.25) is 0 Å². The first-order chi connectivity index (χ1) is 6.77. The number of ether oxygens (including phenoxy) is 1. The zero-order valence-corrected chi connectivity index (χ0v) is 12.0. The van der Waals surface area contributed by atoms with Crippen molar-refractivity contribution in [2.75, 3.05) is 19.8 Å². The molecular formula is C10H12Br2ClNO. The van der Waals surface area contributed by atoms with Crippen LogP contribution >= 0.6 is 44.3 Å². The molecule has 0 bridgehead atoms. The summed E-state index contributed by atoms with van der Waals surface area (Å²) in [6.45, 7) is 2.47. The number of nitrogens with one attached hydrogen (secondary N) is 1. The van der Waals surface area contributed by atoms with E-state index < -0.39 is 0 Å². The van der Waals surface area contributed by atoms with Crippen molar-refractivity contribution in [3.05, 3.63) is 32.7 Å². The molecule has 1 aliphatic heterocycles. The molecule has 0 radical (unpaired) electrons. The topological polar surface area (TPSA) is 21.3 Å². The second-order valence-electron chi connectivity index (χ2n) is 3.25. The van der Waals surface area contributed by atoms with E-state index in [1.807, 2.05) is 6.07 Å². The third kappa shape index (κ3) is 3.43. The zero-order valence-electron chi connectivity index (χ0n) is 8.00. The Morgan fingerprint density at radius 1 is 1.33 bits per heavy atom. The fourth-order valence-corrected chi connectivity index (χ4v) is 2.45. The predicted molar refractivity (Wildman–Crippen MR) is 70.7 cm³/mol. The van der Waals surface area contributed by atoms with Gasteiger partial charge in [0.05, 0.1) is 19.3 Å². The van der Waals surface area contributed by atoms with E-state index in [9.17, 15) is 0 Å². The quantitative estimate of drug-likeness (QED) is 0.833. The van der Waals surface area contributed by atoms with Crippen LogP contribution in [0.2, 0.25) is 0 Å². The summed E-state index contributed by atoms with van der Waals surface area (Å²) in [5.74, 6) is 0. The molecule has 1 aromatic rings. The highest BCUT2D eigenvalue weighted by molar-refractivity contribution is 9.11. The second kappa shape index (κ2) is 6.21. The summed E-state index contributed by atoms with van der Waals surface area (Å²) in [6.07, 6.45) is 0. The van der Waals surface area contributed by atoms with E-state index in [1.54, 1.807) is 0 Å². The minimum Gasteiger partial charge on any atom is -0.378 e. The van der Waals surface area contributed by atoms with Crippen LogP contribution in [0, 0.1) is 0 Å². The number of morpholine rings is 1. The van der Waals surface area contributed by atoms with Gasteiger partial charge in [0.15, 0.2) is 0 Å². The van der Waals surface area contributed by atoms with Gasteiger partial charge >= 0.3 is 0 Å². The first-order valence-electron chi connectivity index (χ1n) is 4.53. The fraction of sp³-hybridized carbons (Fsp3) is 0.400. The van der Waals surface area contributed by atoms with Gasteiger partial charge in [0.25, 0.3) is 0 Å². The van der Waals surface area contributed by atoms with Crippen LogP contribution in [-0.4, -0.2) is 19.8 Å². The molecule has 2 nitrogen and oxygen atoms in total. The highest BCUT2D eigenvalue weighted by Gasteiger charge is 2.17. The van der Waals surface area contributed by atoms with Crippen molar-refractivity contribution in [2.45, 2.75) is 6.04 Å². The van der Waals surface area contributed by atoms with Crippen LogP contribution in [0.5, 0.6) is 0 Å². The Balaban J connectivity index is 0.00000112. The highest BCUT2D eigenvalue weighted by Crippen LogP contribution is 2.27. The van der Waals surface area contributed by atoms with Crippen LogP contribution in [0.3, 0.4) is 0 Å². The van der Waals surface area contributed by atoms with Crippen molar-refractivity contribution in [1.82, 2.24) is 5.32 Å². The second-order valence-corrected chi connectivity index (χ2v) is 5.02. The minimum atomic E-state index is 0. The smallest absolute Gasteiger partial charge is 0.0662 e. The zero-order chi connectivity index (χ0) is 9.97. The molecule has 0 aromatic heterocycles. The Bertz CT molecular complexity index is 329. The van der Waals surface area contributed by atoms with E-state index in [-0.39, 0.29) is 12.4 Å². The molecule has 1 N–H and O–H groups in total. The molecule has 0 spiro atoms. The van der Waals surface area contributed by atoms with E-state index in [0.29, 0.717) is 6.04 Å². The van der Waals surface area contributed by atoms with Crippen molar-refractivity contribution in [3.8, 4) is 0 Å². The van der Waals surface area contributed by atoms with Gasteiger partial charge < -0.3 is 10.1 Å². The summed E-state index contributed by atoms with van der Waals surface area (Å²) in [7, 11) is 0. The van der Waals surface area contributed by atoms with Gasteiger partial charge in [-0.1, -0.05) is 31.9 Å². The maximum absolute atomic E-state index is 5.43. The van der Waals surface area contributed by atoms with E-state index in [2.05, 4.69) is 49.3 Å². The van der Waals surface area contributed by atoms with Gasteiger partial charge in [-0.05, 0) is 23.8 Å². The molecule has 2 rings (SSSR count). The van der Waals surface area contributed by atoms with Gasteiger partial charge in [-0.15, -0.1) is 12.4 Å². The van der Waals surface area contributed by atoms with Gasteiger partial charge in [-0.2, -0.15) is 0 Å². The van der Waals surface area contributed by atoms with Crippen molar-refractivity contribution >= 4 is 44.3 Å². The van der Waals surface area contributed by atoms with Crippen LogP contribution in [0.25, 0.3) is 0 Å². The molecule has 1 heterocycles. The first kappa shape index (κ1) is 13.5. The van der Waals surface area contributed by atoms with Crippen molar-refractivity contribution in [3.63, 3.8) is 0 Å². The molecule has 0 saturated carbocycles. The Kier molecular flexibility index (Phi) is 5.57.